The zero-order valence-electron chi connectivity index (χ0n) is 28.6. The quantitative estimate of drug-likeness (QED) is 0.172. The predicted octanol–water partition coefficient (Wildman–Crippen LogP) is 11.8. The SMILES string of the molecule is O=P1(c2ccccc2)Oc2cc3c(cc2-c2cc4c5ccccc5n(-c5cccc(-c6ccccc6)c5)c4cc21)c1ccccc1n3-c1ccccc1. The van der Waals surface area contributed by atoms with Gasteiger partial charge in [0.15, 0.2) is 0 Å². The van der Waals surface area contributed by atoms with Crippen LogP contribution in [0.3, 0.4) is 0 Å². The molecule has 0 spiro atoms. The van der Waals surface area contributed by atoms with Crippen molar-refractivity contribution in [2.75, 3.05) is 0 Å². The molecule has 0 bridgehead atoms. The van der Waals surface area contributed by atoms with Gasteiger partial charge in [-0.3, -0.25) is 4.57 Å². The van der Waals surface area contributed by atoms with E-state index in [1.54, 1.807) is 0 Å². The third kappa shape index (κ3) is 4.46. The molecule has 53 heavy (non-hydrogen) atoms. The maximum absolute atomic E-state index is 15.8. The Morgan fingerprint density at radius 3 is 1.62 bits per heavy atom. The predicted molar refractivity (Wildman–Crippen MR) is 220 cm³/mol. The highest BCUT2D eigenvalue weighted by molar-refractivity contribution is 7.75. The first kappa shape index (κ1) is 30.1. The summed E-state index contributed by atoms with van der Waals surface area (Å²) in [4.78, 5) is 0. The van der Waals surface area contributed by atoms with Gasteiger partial charge in [-0.15, -0.1) is 0 Å². The van der Waals surface area contributed by atoms with Crippen LogP contribution in [0.25, 0.3) is 77.2 Å². The van der Waals surface area contributed by atoms with Crippen molar-refractivity contribution >= 4 is 61.6 Å². The summed E-state index contributed by atoms with van der Waals surface area (Å²) in [7, 11) is -3.63. The molecule has 0 radical (unpaired) electrons. The zero-order chi connectivity index (χ0) is 35.1. The van der Waals surface area contributed by atoms with E-state index in [-0.39, 0.29) is 0 Å². The highest BCUT2D eigenvalue weighted by atomic mass is 31.2. The van der Waals surface area contributed by atoms with E-state index >= 15 is 4.57 Å². The van der Waals surface area contributed by atoms with Gasteiger partial charge in [0.25, 0.3) is 0 Å². The largest absolute Gasteiger partial charge is 0.436 e. The van der Waals surface area contributed by atoms with Crippen LogP contribution in [-0.4, -0.2) is 9.13 Å². The van der Waals surface area contributed by atoms with Gasteiger partial charge in [0, 0.05) is 50.1 Å². The van der Waals surface area contributed by atoms with Crippen molar-refractivity contribution in [1.29, 1.82) is 0 Å². The van der Waals surface area contributed by atoms with Crippen LogP contribution in [0.4, 0.5) is 0 Å². The molecule has 2 aromatic heterocycles. The maximum Gasteiger partial charge on any atom is 0.307 e. The zero-order valence-corrected chi connectivity index (χ0v) is 29.5. The molecule has 250 valence electrons. The Bertz CT molecular complexity index is 3110. The molecule has 10 aromatic rings. The van der Waals surface area contributed by atoms with Gasteiger partial charge < -0.3 is 13.7 Å². The van der Waals surface area contributed by atoms with E-state index in [1.807, 2.05) is 42.5 Å². The molecule has 0 saturated carbocycles. The lowest BCUT2D eigenvalue weighted by Crippen LogP contribution is -2.25. The molecule has 0 saturated heterocycles. The van der Waals surface area contributed by atoms with E-state index in [1.165, 1.54) is 0 Å². The first-order chi connectivity index (χ1) is 26.2. The van der Waals surface area contributed by atoms with Gasteiger partial charge in [0.05, 0.1) is 32.7 Å². The number of rotatable bonds is 4. The number of hydrogen-bond donors (Lipinski definition) is 0. The summed E-state index contributed by atoms with van der Waals surface area (Å²) in [5.74, 6) is 0.621. The molecule has 1 atom stereocenters. The molecule has 0 amide bonds. The van der Waals surface area contributed by atoms with E-state index in [0.29, 0.717) is 16.4 Å². The second-order valence-electron chi connectivity index (χ2n) is 13.7. The normalized spacial score (nSPS) is 15.1. The lowest BCUT2D eigenvalue weighted by atomic mass is 9.99. The fourth-order valence-electron chi connectivity index (χ4n) is 8.34. The fourth-order valence-corrected chi connectivity index (χ4v) is 10.6. The lowest BCUT2D eigenvalue weighted by molar-refractivity contribution is 0.502. The Balaban J connectivity index is 1.23. The summed E-state index contributed by atoms with van der Waals surface area (Å²) >= 11 is 0. The van der Waals surface area contributed by atoms with E-state index in [4.69, 9.17) is 4.52 Å². The van der Waals surface area contributed by atoms with E-state index in [9.17, 15) is 0 Å². The number of aromatic nitrogens is 2. The lowest BCUT2D eigenvalue weighted by Gasteiger charge is -2.29. The average molecular weight is 699 g/mol. The van der Waals surface area contributed by atoms with E-state index in [0.717, 1.165) is 77.2 Å². The Hall–Kier alpha value is -6.61. The Kier molecular flexibility index (Phi) is 6.49. The Morgan fingerprint density at radius 1 is 0.396 bits per heavy atom. The molecular weight excluding hydrogens is 668 g/mol. The van der Waals surface area contributed by atoms with Crippen LogP contribution >= 0.6 is 7.37 Å². The topological polar surface area (TPSA) is 36.2 Å². The third-order valence-electron chi connectivity index (χ3n) is 10.7. The summed E-state index contributed by atoms with van der Waals surface area (Å²) in [5, 5.41) is 5.89. The minimum absolute atomic E-state index is 0.621. The van der Waals surface area contributed by atoms with Crippen LogP contribution < -0.4 is 15.1 Å². The standard InChI is InChI=1S/C48H31N2O2P/c51-53(36-21-8-3-9-22-36)48-31-46-40(38-24-11-13-26-44(38)50(46)35-20-14-17-33(27-35)32-15-4-1-5-16-32)29-42(48)41-28-39-37-23-10-12-25-43(37)49(34-18-6-2-7-19-34)45(39)30-47(41)52-53/h1-31H. The van der Waals surface area contributed by atoms with Crippen molar-refractivity contribution < 1.29 is 9.09 Å². The van der Waals surface area contributed by atoms with Gasteiger partial charge in [-0.1, -0.05) is 115 Å². The van der Waals surface area contributed by atoms with Crippen molar-refractivity contribution in [2.24, 2.45) is 0 Å². The Labute approximate surface area is 306 Å². The highest BCUT2D eigenvalue weighted by Gasteiger charge is 2.39. The molecule has 1 aliphatic heterocycles. The average Bonchev–Trinajstić information content (AvgIpc) is 3.72. The number of nitrogens with zero attached hydrogens (tertiary/aromatic N) is 2. The number of para-hydroxylation sites is 3. The van der Waals surface area contributed by atoms with Crippen molar-refractivity contribution in [3.63, 3.8) is 0 Å². The number of benzene rings is 8. The van der Waals surface area contributed by atoms with Crippen LogP contribution in [-0.2, 0) is 4.57 Å². The summed E-state index contributed by atoms with van der Waals surface area (Å²) in [6.07, 6.45) is 0. The Morgan fingerprint density at radius 2 is 0.925 bits per heavy atom. The smallest absolute Gasteiger partial charge is 0.307 e. The third-order valence-corrected chi connectivity index (χ3v) is 13.2. The molecule has 4 nitrogen and oxygen atoms in total. The minimum Gasteiger partial charge on any atom is -0.436 e. The second-order valence-corrected chi connectivity index (χ2v) is 16.0. The first-order valence-electron chi connectivity index (χ1n) is 17.9. The molecular formula is C48H31N2O2P. The monoisotopic (exact) mass is 698 g/mol. The minimum atomic E-state index is -3.63. The molecule has 8 aromatic carbocycles. The summed E-state index contributed by atoms with van der Waals surface area (Å²) in [6.45, 7) is 0. The molecule has 0 N–H and O–H groups in total. The number of fused-ring (bicyclic) bond motifs is 9. The summed E-state index contributed by atoms with van der Waals surface area (Å²) in [6, 6.07) is 65.0. The fraction of sp³-hybridized carbons (Fsp3) is 0. The summed E-state index contributed by atoms with van der Waals surface area (Å²) in [5.41, 5.74) is 10.5. The van der Waals surface area contributed by atoms with Crippen molar-refractivity contribution in [2.45, 2.75) is 0 Å². The highest BCUT2D eigenvalue weighted by Crippen LogP contribution is 2.56. The molecule has 0 aliphatic carbocycles. The van der Waals surface area contributed by atoms with Crippen LogP contribution in [0, 0.1) is 0 Å². The van der Waals surface area contributed by atoms with Crippen LogP contribution in [0.2, 0.25) is 0 Å². The van der Waals surface area contributed by atoms with Crippen molar-refractivity contribution in [1.82, 2.24) is 9.13 Å². The molecule has 1 unspecified atom stereocenters. The van der Waals surface area contributed by atoms with Gasteiger partial charge in [-0.05, 0) is 77.9 Å². The molecule has 11 rings (SSSR count). The van der Waals surface area contributed by atoms with E-state index in [2.05, 4.69) is 155 Å². The molecule has 1 aliphatic rings. The van der Waals surface area contributed by atoms with Crippen molar-refractivity contribution in [3.8, 4) is 39.4 Å². The van der Waals surface area contributed by atoms with Crippen molar-refractivity contribution in [3.05, 3.63) is 188 Å². The van der Waals surface area contributed by atoms with Crippen LogP contribution in [0.1, 0.15) is 0 Å². The summed E-state index contributed by atoms with van der Waals surface area (Å²) < 4.78 is 27.3. The van der Waals surface area contributed by atoms with Gasteiger partial charge in [-0.2, -0.15) is 0 Å². The first-order valence-corrected chi connectivity index (χ1v) is 19.5. The van der Waals surface area contributed by atoms with Gasteiger partial charge in [-0.25, -0.2) is 0 Å². The second kappa shape index (κ2) is 11.4. The van der Waals surface area contributed by atoms with Gasteiger partial charge >= 0.3 is 7.37 Å². The van der Waals surface area contributed by atoms with Gasteiger partial charge in [0.2, 0.25) is 0 Å². The molecule has 3 heterocycles. The maximum atomic E-state index is 15.8. The molecule has 5 heteroatoms. The van der Waals surface area contributed by atoms with Crippen LogP contribution in [0.15, 0.2) is 188 Å². The molecule has 0 fully saturated rings. The van der Waals surface area contributed by atoms with Gasteiger partial charge in [0.1, 0.15) is 5.75 Å². The van der Waals surface area contributed by atoms with E-state index < -0.39 is 7.37 Å². The number of hydrogen-bond acceptors (Lipinski definition) is 2. The van der Waals surface area contributed by atoms with Crippen LogP contribution in [0.5, 0.6) is 5.75 Å².